The maximum absolute atomic E-state index is 12.3. The third-order valence-corrected chi connectivity index (χ3v) is 3.75. The van der Waals surface area contributed by atoms with Gasteiger partial charge in [0, 0.05) is 14.1 Å². The highest BCUT2D eigenvalue weighted by Gasteiger charge is 2.31. The van der Waals surface area contributed by atoms with Crippen LogP contribution in [0.1, 0.15) is 5.56 Å². The number of sulfonamides is 1. The lowest BCUT2D eigenvalue weighted by atomic mass is 10.2. The van der Waals surface area contributed by atoms with Gasteiger partial charge in [-0.2, -0.15) is 13.2 Å². The lowest BCUT2D eigenvalue weighted by Crippen LogP contribution is -2.22. The van der Waals surface area contributed by atoms with E-state index in [2.05, 4.69) is 0 Å². The Kier molecular flexibility index (Phi) is 3.30. The normalized spacial score (nSPS) is 13.1. The van der Waals surface area contributed by atoms with Crippen molar-refractivity contribution >= 4 is 10.0 Å². The second-order valence-corrected chi connectivity index (χ2v) is 5.46. The minimum atomic E-state index is -4.54. The Morgan fingerprint density at radius 1 is 1.19 bits per heavy atom. The molecule has 0 aliphatic heterocycles. The molecule has 0 saturated carbocycles. The molecule has 0 N–H and O–H groups in total. The zero-order valence-electron chi connectivity index (χ0n) is 8.62. The van der Waals surface area contributed by atoms with Gasteiger partial charge < -0.3 is 0 Å². The van der Waals surface area contributed by atoms with Crippen LogP contribution >= 0.6 is 0 Å². The van der Waals surface area contributed by atoms with Gasteiger partial charge in [0.2, 0.25) is 10.0 Å². The molecule has 0 spiro atoms. The molecular formula is C9H10F3NO2S. The molecule has 0 atom stereocenters. The van der Waals surface area contributed by atoms with Gasteiger partial charge in [-0.05, 0) is 18.2 Å². The molecule has 16 heavy (non-hydrogen) atoms. The number of alkyl halides is 3. The minimum Gasteiger partial charge on any atom is -0.207 e. The second-order valence-electron chi connectivity index (χ2n) is 3.31. The van der Waals surface area contributed by atoms with Gasteiger partial charge in [0.1, 0.15) is 0 Å². The maximum atomic E-state index is 12.3. The third kappa shape index (κ3) is 2.53. The first-order chi connectivity index (χ1) is 7.15. The summed E-state index contributed by atoms with van der Waals surface area (Å²) < 4.78 is 61.0. The van der Waals surface area contributed by atoms with Crippen LogP contribution in [0.2, 0.25) is 0 Å². The molecule has 7 heteroatoms. The first-order valence-electron chi connectivity index (χ1n) is 4.25. The largest absolute Gasteiger partial charge is 0.416 e. The zero-order chi connectivity index (χ0) is 12.6. The van der Waals surface area contributed by atoms with E-state index in [4.69, 9.17) is 0 Å². The van der Waals surface area contributed by atoms with Gasteiger partial charge in [-0.25, -0.2) is 12.7 Å². The molecule has 90 valence electrons. The quantitative estimate of drug-likeness (QED) is 0.808. The molecule has 1 aromatic carbocycles. The van der Waals surface area contributed by atoms with E-state index < -0.39 is 21.8 Å². The van der Waals surface area contributed by atoms with Crippen molar-refractivity contribution in [3.63, 3.8) is 0 Å². The van der Waals surface area contributed by atoms with Gasteiger partial charge in [0.15, 0.2) is 0 Å². The molecule has 1 rings (SSSR count). The van der Waals surface area contributed by atoms with E-state index >= 15 is 0 Å². The summed E-state index contributed by atoms with van der Waals surface area (Å²) in [5.41, 5.74) is -0.976. The molecule has 0 fully saturated rings. The van der Waals surface area contributed by atoms with Crippen LogP contribution in [0.4, 0.5) is 13.2 Å². The summed E-state index contributed by atoms with van der Waals surface area (Å²) in [7, 11) is -1.31. The Hall–Kier alpha value is -1.08. The van der Waals surface area contributed by atoms with Crippen molar-refractivity contribution in [2.45, 2.75) is 11.1 Å². The highest BCUT2D eigenvalue weighted by molar-refractivity contribution is 7.89. The Morgan fingerprint density at radius 3 is 2.19 bits per heavy atom. The first kappa shape index (κ1) is 13.0. The lowest BCUT2D eigenvalue weighted by Gasteiger charge is -2.13. The van der Waals surface area contributed by atoms with E-state index in [1.807, 2.05) is 0 Å². The van der Waals surface area contributed by atoms with Crippen molar-refractivity contribution in [3.8, 4) is 0 Å². The summed E-state index contributed by atoms with van der Waals surface area (Å²) in [6.45, 7) is 0. The van der Waals surface area contributed by atoms with Crippen LogP contribution in [0.15, 0.2) is 29.2 Å². The van der Waals surface area contributed by atoms with E-state index in [1.54, 1.807) is 0 Å². The number of hydrogen-bond donors (Lipinski definition) is 0. The summed E-state index contributed by atoms with van der Waals surface area (Å²) in [5, 5.41) is 0. The number of hydrogen-bond acceptors (Lipinski definition) is 2. The van der Waals surface area contributed by atoms with Crippen LogP contribution in [0.3, 0.4) is 0 Å². The van der Waals surface area contributed by atoms with Gasteiger partial charge >= 0.3 is 6.18 Å². The molecule has 0 bridgehead atoms. The Morgan fingerprint density at radius 2 is 1.75 bits per heavy atom. The van der Waals surface area contributed by atoms with E-state index in [9.17, 15) is 21.6 Å². The topological polar surface area (TPSA) is 37.4 Å². The smallest absolute Gasteiger partial charge is 0.207 e. The van der Waals surface area contributed by atoms with Crippen LogP contribution in [0, 0.1) is 0 Å². The first-order valence-corrected chi connectivity index (χ1v) is 5.69. The predicted octanol–water partition coefficient (Wildman–Crippen LogP) is 1.96. The maximum Gasteiger partial charge on any atom is 0.416 e. The average molecular weight is 253 g/mol. The fourth-order valence-corrected chi connectivity index (χ4v) is 1.99. The summed E-state index contributed by atoms with van der Waals surface area (Å²) in [5.74, 6) is 0. The molecule has 0 unspecified atom stereocenters. The van der Waals surface area contributed by atoms with Crippen LogP contribution < -0.4 is 0 Å². The molecule has 0 saturated heterocycles. The molecule has 0 radical (unpaired) electrons. The molecule has 0 heterocycles. The van der Waals surface area contributed by atoms with Crippen molar-refractivity contribution in [3.05, 3.63) is 29.8 Å². The Bertz CT molecular complexity index is 480. The summed E-state index contributed by atoms with van der Waals surface area (Å²) in [6, 6.07) is 3.65. The summed E-state index contributed by atoms with van der Waals surface area (Å²) >= 11 is 0. The number of nitrogens with zero attached hydrogens (tertiary/aromatic N) is 1. The average Bonchev–Trinajstić information content (AvgIpc) is 2.16. The van der Waals surface area contributed by atoms with Crippen LogP contribution in [0.5, 0.6) is 0 Å². The van der Waals surface area contributed by atoms with Gasteiger partial charge in [-0.3, -0.25) is 0 Å². The number of halogens is 3. The van der Waals surface area contributed by atoms with Gasteiger partial charge in [-0.15, -0.1) is 0 Å². The highest BCUT2D eigenvalue weighted by Crippen LogP contribution is 2.30. The Balaban J connectivity index is 3.30. The fraction of sp³-hybridized carbons (Fsp3) is 0.333. The molecular weight excluding hydrogens is 243 g/mol. The SMILES string of the molecule is CN(C)S(=O)(=O)c1cccc(C(F)(F)F)c1. The van der Waals surface area contributed by atoms with Crippen molar-refractivity contribution in [1.29, 1.82) is 0 Å². The van der Waals surface area contributed by atoms with E-state index in [-0.39, 0.29) is 4.90 Å². The lowest BCUT2D eigenvalue weighted by molar-refractivity contribution is -0.137. The third-order valence-electron chi connectivity index (χ3n) is 1.94. The highest BCUT2D eigenvalue weighted by atomic mass is 32.2. The predicted molar refractivity (Wildman–Crippen MR) is 52.3 cm³/mol. The summed E-state index contributed by atoms with van der Waals surface area (Å²) in [6.07, 6.45) is -4.54. The van der Waals surface area contributed by atoms with E-state index in [0.29, 0.717) is 6.07 Å². The number of rotatable bonds is 2. The zero-order valence-corrected chi connectivity index (χ0v) is 9.43. The van der Waals surface area contributed by atoms with Crippen molar-refractivity contribution in [2.24, 2.45) is 0 Å². The minimum absolute atomic E-state index is 0.368. The van der Waals surface area contributed by atoms with Crippen LogP contribution in [0.25, 0.3) is 0 Å². The Labute approximate surface area is 91.5 Å². The fourth-order valence-electron chi connectivity index (χ4n) is 1.04. The van der Waals surface area contributed by atoms with E-state index in [0.717, 1.165) is 22.5 Å². The van der Waals surface area contributed by atoms with Crippen LogP contribution in [-0.2, 0) is 16.2 Å². The van der Waals surface area contributed by atoms with Gasteiger partial charge in [0.05, 0.1) is 10.5 Å². The van der Waals surface area contributed by atoms with E-state index in [1.165, 1.54) is 14.1 Å². The molecule has 3 nitrogen and oxygen atoms in total. The second kappa shape index (κ2) is 4.06. The van der Waals surface area contributed by atoms with Gasteiger partial charge in [-0.1, -0.05) is 6.07 Å². The molecule has 0 amide bonds. The van der Waals surface area contributed by atoms with Gasteiger partial charge in [0.25, 0.3) is 0 Å². The standard InChI is InChI=1S/C9H10F3NO2S/c1-13(2)16(14,15)8-5-3-4-7(6-8)9(10,11)12/h3-6H,1-2H3. The van der Waals surface area contributed by atoms with Crippen molar-refractivity contribution < 1.29 is 21.6 Å². The monoisotopic (exact) mass is 253 g/mol. The molecule has 0 aromatic heterocycles. The number of benzene rings is 1. The summed E-state index contributed by atoms with van der Waals surface area (Å²) in [4.78, 5) is -0.368. The van der Waals surface area contributed by atoms with Crippen LogP contribution in [-0.4, -0.2) is 26.8 Å². The van der Waals surface area contributed by atoms with Crippen molar-refractivity contribution in [2.75, 3.05) is 14.1 Å². The molecule has 0 aliphatic rings. The molecule has 0 aliphatic carbocycles. The molecule has 1 aromatic rings. The van der Waals surface area contributed by atoms with Crippen molar-refractivity contribution in [1.82, 2.24) is 4.31 Å².